The van der Waals surface area contributed by atoms with Crippen LogP contribution >= 0.6 is 11.8 Å². The lowest BCUT2D eigenvalue weighted by Gasteiger charge is -2.16. The molecule has 1 aliphatic carbocycles. The van der Waals surface area contributed by atoms with E-state index in [1.165, 1.54) is 30.6 Å². The van der Waals surface area contributed by atoms with Gasteiger partial charge in [0.05, 0.1) is 11.7 Å². The summed E-state index contributed by atoms with van der Waals surface area (Å²) in [5, 5.41) is 7.07. The van der Waals surface area contributed by atoms with E-state index in [1.807, 2.05) is 23.9 Å². The van der Waals surface area contributed by atoms with Gasteiger partial charge in [0.15, 0.2) is 0 Å². The van der Waals surface area contributed by atoms with Gasteiger partial charge in [-0.3, -0.25) is 4.79 Å². The molecule has 1 saturated heterocycles. The summed E-state index contributed by atoms with van der Waals surface area (Å²) in [4.78, 5) is 13.4. The summed E-state index contributed by atoms with van der Waals surface area (Å²) >= 11 is 1.93. The van der Waals surface area contributed by atoms with Gasteiger partial charge >= 0.3 is 0 Å². The molecule has 1 unspecified atom stereocenters. The molecule has 0 radical (unpaired) electrons. The van der Waals surface area contributed by atoms with Crippen molar-refractivity contribution in [2.45, 2.75) is 54.7 Å². The highest BCUT2D eigenvalue weighted by molar-refractivity contribution is 8.00. The van der Waals surface area contributed by atoms with Crippen molar-refractivity contribution < 1.29 is 4.79 Å². The maximum Gasteiger partial charge on any atom is 0.241 e. The lowest BCUT2D eigenvalue weighted by molar-refractivity contribution is -0.117. The average Bonchev–Trinajstić information content (AvgIpc) is 3.13. The summed E-state index contributed by atoms with van der Waals surface area (Å²) in [6, 6.07) is 8.18. The molecule has 2 N–H and O–H groups in total. The third kappa shape index (κ3) is 3.36. The lowest BCUT2D eigenvalue weighted by atomic mass is 10.2. The average molecular weight is 290 g/mol. The molecule has 2 fully saturated rings. The molecule has 1 aromatic rings. The van der Waals surface area contributed by atoms with Gasteiger partial charge in [-0.1, -0.05) is 25.0 Å². The summed E-state index contributed by atoms with van der Waals surface area (Å²) in [6.07, 6.45) is 7.34. The fraction of sp³-hybridized carbons (Fsp3) is 0.562. The van der Waals surface area contributed by atoms with Crippen molar-refractivity contribution in [3.63, 3.8) is 0 Å². The molecule has 0 bridgehead atoms. The number of anilines is 1. The van der Waals surface area contributed by atoms with E-state index in [-0.39, 0.29) is 11.9 Å². The Labute approximate surface area is 124 Å². The van der Waals surface area contributed by atoms with Crippen LogP contribution in [-0.2, 0) is 4.79 Å². The predicted molar refractivity (Wildman–Crippen MR) is 84.2 cm³/mol. The minimum absolute atomic E-state index is 0.0143. The van der Waals surface area contributed by atoms with Gasteiger partial charge in [-0.15, -0.1) is 11.8 Å². The first-order valence-corrected chi connectivity index (χ1v) is 8.51. The van der Waals surface area contributed by atoms with E-state index in [9.17, 15) is 4.79 Å². The van der Waals surface area contributed by atoms with E-state index in [2.05, 4.69) is 22.8 Å². The second-order valence-corrected chi connectivity index (χ2v) is 7.00. The smallest absolute Gasteiger partial charge is 0.241 e. The van der Waals surface area contributed by atoms with Crippen molar-refractivity contribution in [3.05, 3.63) is 24.3 Å². The van der Waals surface area contributed by atoms with E-state index in [1.54, 1.807) is 0 Å². The molecule has 0 aromatic heterocycles. The van der Waals surface area contributed by atoms with Crippen molar-refractivity contribution in [1.82, 2.24) is 5.32 Å². The first-order valence-electron chi connectivity index (χ1n) is 7.63. The van der Waals surface area contributed by atoms with Gasteiger partial charge in [-0.05, 0) is 44.4 Å². The van der Waals surface area contributed by atoms with Gasteiger partial charge < -0.3 is 10.6 Å². The van der Waals surface area contributed by atoms with E-state index >= 15 is 0 Å². The Bertz CT molecular complexity index is 465. The second-order valence-electron chi connectivity index (χ2n) is 5.66. The van der Waals surface area contributed by atoms with Crippen LogP contribution in [0.2, 0.25) is 0 Å². The second kappa shape index (κ2) is 6.64. The minimum Gasteiger partial charge on any atom is -0.324 e. The molecule has 1 aliphatic heterocycles. The molecule has 1 aromatic carbocycles. The third-order valence-corrected chi connectivity index (χ3v) is 5.53. The molecule has 3 rings (SSSR count). The van der Waals surface area contributed by atoms with Crippen LogP contribution in [0.25, 0.3) is 0 Å². The van der Waals surface area contributed by atoms with E-state index in [4.69, 9.17) is 0 Å². The first-order chi connectivity index (χ1) is 9.83. The summed E-state index contributed by atoms with van der Waals surface area (Å²) in [6.45, 7) is 0.955. The number of thioether (sulfide) groups is 1. The third-order valence-electron chi connectivity index (χ3n) is 4.12. The predicted octanol–water partition coefficient (Wildman–Crippen LogP) is 3.41. The number of para-hydroxylation sites is 1. The zero-order chi connectivity index (χ0) is 13.8. The van der Waals surface area contributed by atoms with E-state index in [0.29, 0.717) is 0 Å². The lowest BCUT2D eigenvalue weighted by Crippen LogP contribution is -2.35. The Morgan fingerprint density at radius 2 is 1.95 bits per heavy atom. The van der Waals surface area contributed by atoms with Crippen LogP contribution < -0.4 is 10.6 Å². The van der Waals surface area contributed by atoms with Crippen LogP contribution in [0.3, 0.4) is 0 Å². The monoisotopic (exact) mass is 290 g/mol. The van der Waals surface area contributed by atoms with Gasteiger partial charge in [0.1, 0.15) is 0 Å². The Morgan fingerprint density at radius 3 is 2.70 bits per heavy atom. The van der Waals surface area contributed by atoms with Crippen molar-refractivity contribution >= 4 is 23.4 Å². The maximum absolute atomic E-state index is 12.2. The molecular formula is C16H22N2OS. The van der Waals surface area contributed by atoms with E-state index in [0.717, 1.165) is 30.3 Å². The number of amides is 1. The summed E-state index contributed by atoms with van der Waals surface area (Å²) in [5.41, 5.74) is 0.975. The van der Waals surface area contributed by atoms with Crippen molar-refractivity contribution in [2.75, 3.05) is 11.9 Å². The SMILES string of the molecule is O=C(Nc1ccccc1SC1CCCC1)C1CCCN1. The molecule has 3 nitrogen and oxygen atoms in total. The summed E-state index contributed by atoms with van der Waals surface area (Å²) in [5.74, 6) is 0.113. The highest BCUT2D eigenvalue weighted by atomic mass is 32.2. The van der Waals surface area contributed by atoms with Crippen molar-refractivity contribution in [3.8, 4) is 0 Å². The topological polar surface area (TPSA) is 41.1 Å². The number of nitrogens with one attached hydrogen (secondary N) is 2. The molecular weight excluding hydrogens is 268 g/mol. The fourth-order valence-corrected chi connectivity index (χ4v) is 4.32. The van der Waals surface area contributed by atoms with Gasteiger partial charge in [-0.25, -0.2) is 0 Å². The van der Waals surface area contributed by atoms with Crippen molar-refractivity contribution in [2.24, 2.45) is 0 Å². The molecule has 108 valence electrons. The van der Waals surface area contributed by atoms with Gasteiger partial charge in [0.25, 0.3) is 0 Å². The van der Waals surface area contributed by atoms with Crippen molar-refractivity contribution in [1.29, 1.82) is 0 Å². The molecule has 4 heteroatoms. The van der Waals surface area contributed by atoms with E-state index < -0.39 is 0 Å². The quantitative estimate of drug-likeness (QED) is 0.893. The largest absolute Gasteiger partial charge is 0.324 e. The maximum atomic E-state index is 12.2. The molecule has 1 heterocycles. The van der Waals surface area contributed by atoms with Gasteiger partial charge in [0.2, 0.25) is 5.91 Å². The van der Waals surface area contributed by atoms with Gasteiger partial charge in [0, 0.05) is 10.1 Å². The molecule has 20 heavy (non-hydrogen) atoms. The Hall–Kier alpha value is -1.00. The first kappa shape index (κ1) is 14.0. The summed E-state index contributed by atoms with van der Waals surface area (Å²) < 4.78 is 0. The van der Waals surface area contributed by atoms with Crippen LogP contribution in [0, 0.1) is 0 Å². The standard InChI is InChI=1S/C16H22N2OS/c19-16(14-9-5-11-17-14)18-13-8-3-4-10-15(13)20-12-6-1-2-7-12/h3-4,8,10,12,14,17H,1-2,5-7,9,11H2,(H,18,19). The number of hydrogen-bond donors (Lipinski definition) is 2. The van der Waals surface area contributed by atoms with Crippen LogP contribution in [0.4, 0.5) is 5.69 Å². The van der Waals surface area contributed by atoms with Gasteiger partial charge in [-0.2, -0.15) is 0 Å². The Morgan fingerprint density at radius 1 is 1.15 bits per heavy atom. The highest BCUT2D eigenvalue weighted by Crippen LogP contribution is 2.38. The van der Waals surface area contributed by atoms with Crippen LogP contribution in [0.15, 0.2) is 29.2 Å². The zero-order valence-corrected chi connectivity index (χ0v) is 12.5. The fourth-order valence-electron chi connectivity index (χ4n) is 2.99. The number of rotatable bonds is 4. The highest BCUT2D eigenvalue weighted by Gasteiger charge is 2.23. The molecule has 1 atom stereocenters. The molecule has 2 aliphatic rings. The Kier molecular flexibility index (Phi) is 4.63. The molecule has 1 amide bonds. The number of hydrogen-bond acceptors (Lipinski definition) is 3. The molecule has 1 saturated carbocycles. The normalized spacial score (nSPS) is 23.1. The summed E-state index contributed by atoms with van der Waals surface area (Å²) in [7, 11) is 0. The van der Waals surface area contributed by atoms with Crippen LogP contribution in [-0.4, -0.2) is 23.7 Å². The number of carbonyl (C=O) groups excluding carboxylic acids is 1. The number of carbonyl (C=O) groups is 1. The minimum atomic E-state index is -0.0143. The van der Waals surface area contributed by atoms with Crippen LogP contribution in [0.5, 0.6) is 0 Å². The number of benzene rings is 1. The Balaban J connectivity index is 1.66. The zero-order valence-electron chi connectivity index (χ0n) is 11.7. The van der Waals surface area contributed by atoms with Crippen LogP contribution in [0.1, 0.15) is 38.5 Å². The molecule has 0 spiro atoms.